The van der Waals surface area contributed by atoms with Crippen LogP contribution in [0.3, 0.4) is 0 Å². The van der Waals surface area contributed by atoms with E-state index in [0.717, 1.165) is 21.7 Å². The quantitative estimate of drug-likeness (QED) is 0.298. The van der Waals surface area contributed by atoms with Gasteiger partial charge in [0.05, 0.1) is 11.9 Å². The predicted molar refractivity (Wildman–Crippen MR) is 157 cm³/mol. The van der Waals surface area contributed by atoms with E-state index in [4.69, 9.17) is 11.6 Å². The van der Waals surface area contributed by atoms with Crippen LogP contribution in [0.4, 0.5) is 10.1 Å². The number of carbonyl (C=O) groups excluding carboxylic acids is 2. The zero-order chi connectivity index (χ0) is 29.3. The van der Waals surface area contributed by atoms with Gasteiger partial charge in [0.2, 0.25) is 21.8 Å². The summed E-state index contributed by atoms with van der Waals surface area (Å²) in [6.07, 6.45) is 1.37. The number of carbonyl (C=O) groups is 2. The third-order valence-electron chi connectivity index (χ3n) is 6.24. The lowest BCUT2D eigenvalue weighted by atomic mass is 10.0. The minimum Gasteiger partial charge on any atom is -0.352 e. The second-order valence-corrected chi connectivity index (χ2v) is 12.3. The van der Waals surface area contributed by atoms with E-state index in [2.05, 4.69) is 5.32 Å². The second-order valence-electron chi connectivity index (χ2n) is 9.91. The first-order chi connectivity index (χ1) is 19.0. The van der Waals surface area contributed by atoms with Gasteiger partial charge >= 0.3 is 0 Å². The minimum absolute atomic E-state index is 0.0473. The molecule has 0 saturated heterocycles. The summed E-state index contributed by atoms with van der Waals surface area (Å²) in [4.78, 5) is 28.7. The Morgan fingerprint density at radius 1 is 0.925 bits per heavy atom. The SMILES string of the molecule is CC(C)NC(=O)[C@@H](Cc1ccccc1)N(Cc1ccc(Cl)cc1)C(=O)CCCN(c1ccccc1F)S(C)(=O)=O. The van der Waals surface area contributed by atoms with Gasteiger partial charge in [0.1, 0.15) is 11.9 Å². The Balaban J connectivity index is 1.88. The number of rotatable bonds is 13. The molecule has 0 aliphatic rings. The van der Waals surface area contributed by atoms with E-state index in [1.54, 1.807) is 30.3 Å². The molecule has 0 aromatic heterocycles. The van der Waals surface area contributed by atoms with Gasteiger partial charge < -0.3 is 10.2 Å². The van der Waals surface area contributed by atoms with Crippen LogP contribution in [-0.4, -0.2) is 50.0 Å². The Hall–Kier alpha value is -3.43. The molecule has 1 N–H and O–H groups in total. The van der Waals surface area contributed by atoms with Crippen LogP contribution < -0.4 is 9.62 Å². The van der Waals surface area contributed by atoms with Crippen LogP contribution in [0.2, 0.25) is 5.02 Å². The molecule has 40 heavy (non-hydrogen) atoms. The lowest BCUT2D eigenvalue weighted by Crippen LogP contribution is -2.51. The van der Waals surface area contributed by atoms with Crippen molar-refractivity contribution in [1.82, 2.24) is 10.2 Å². The molecule has 10 heteroatoms. The van der Waals surface area contributed by atoms with Crippen LogP contribution in [-0.2, 0) is 32.6 Å². The fourth-order valence-electron chi connectivity index (χ4n) is 4.36. The third kappa shape index (κ3) is 9.06. The van der Waals surface area contributed by atoms with Gasteiger partial charge in [-0.25, -0.2) is 12.8 Å². The zero-order valence-corrected chi connectivity index (χ0v) is 24.5. The van der Waals surface area contributed by atoms with Crippen molar-refractivity contribution >= 4 is 39.1 Å². The number of para-hydroxylation sites is 1. The average molecular weight is 588 g/mol. The number of hydrogen-bond acceptors (Lipinski definition) is 4. The molecule has 0 radical (unpaired) electrons. The summed E-state index contributed by atoms with van der Waals surface area (Å²) in [5.74, 6) is -1.28. The average Bonchev–Trinajstić information content (AvgIpc) is 2.89. The maximum absolute atomic E-state index is 14.4. The topological polar surface area (TPSA) is 86.8 Å². The molecule has 1 atom stereocenters. The Labute approximate surface area is 241 Å². The number of hydrogen-bond donors (Lipinski definition) is 1. The molecule has 0 aliphatic carbocycles. The van der Waals surface area contributed by atoms with E-state index >= 15 is 0 Å². The Kier molecular flexibility index (Phi) is 11.1. The number of amides is 2. The first-order valence-corrected chi connectivity index (χ1v) is 15.3. The molecule has 0 saturated carbocycles. The molecule has 0 bridgehead atoms. The van der Waals surface area contributed by atoms with Gasteiger partial charge in [-0.05, 0) is 55.7 Å². The van der Waals surface area contributed by atoms with Gasteiger partial charge in [-0.15, -0.1) is 0 Å². The summed E-state index contributed by atoms with van der Waals surface area (Å²) >= 11 is 6.06. The van der Waals surface area contributed by atoms with Crippen LogP contribution in [0.5, 0.6) is 0 Å². The van der Waals surface area contributed by atoms with Crippen LogP contribution in [0.1, 0.15) is 37.8 Å². The number of halogens is 2. The van der Waals surface area contributed by atoms with Gasteiger partial charge in [-0.1, -0.05) is 66.2 Å². The number of nitrogens with one attached hydrogen (secondary N) is 1. The monoisotopic (exact) mass is 587 g/mol. The highest BCUT2D eigenvalue weighted by Crippen LogP contribution is 2.23. The van der Waals surface area contributed by atoms with E-state index in [1.165, 1.54) is 23.1 Å². The van der Waals surface area contributed by atoms with Crippen molar-refractivity contribution in [2.45, 2.75) is 51.7 Å². The Morgan fingerprint density at radius 2 is 1.55 bits per heavy atom. The summed E-state index contributed by atoms with van der Waals surface area (Å²) in [6.45, 7) is 3.76. The Bertz CT molecular complexity index is 1390. The lowest BCUT2D eigenvalue weighted by molar-refractivity contribution is -0.141. The molecule has 214 valence electrons. The number of anilines is 1. The van der Waals surface area contributed by atoms with E-state index in [9.17, 15) is 22.4 Å². The summed E-state index contributed by atoms with van der Waals surface area (Å²) in [7, 11) is -3.80. The third-order valence-corrected chi connectivity index (χ3v) is 7.67. The molecule has 0 heterocycles. The highest BCUT2D eigenvalue weighted by molar-refractivity contribution is 7.92. The van der Waals surface area contributed by atoms with Crippen molar-refractivity contribution in [1.29, 1.82) is 0 Å². The predicted octanol–water partition coefficient (Wildman–Crippen LogP) is 5.19. The lowest BCUT2D eigenvalue weighted by Gasteiger charge is -2.32. The number of sulfonamides is 1. The van der Waals surface area contributed by atoms with Crippen molar-refractivity contribution in [3.63, 3.8) is 0 Å². The van der Waals surface area contributed by atoms with Crippen molar-refractivity contribution in [2.75, 3.05) is 17.1 Å². The van der Waals surface area contributed by atoms with Crippen molar-refractivity contribution in [2.24, 2.45) is 0 Å². The van der Waals surface area contributed by atoms with E-state index in [0.29, 0.717) is 11.4 Å². The molecule has 3 aromatic rings. The minimum atomic E-state index is -3.80. The van der Waals surface area contributed by atoms with Gasteiger partial charge in [-0.2, -0.15) is 0 Å². The summed E-state index contributed by atoms with van der Waals surface area (Å²) in [6, 6.07) is 21.1. The molecule has 7 nitrogen and oxygen atoms in total. The van der Waals surface area contributed by atoms with Crippen LogP contribution in [0.25, 0.3) is 0 Å². The van der Waals surface area contributed by atoms with Crippen molar-refractivity contribution in [3.8, 4) is 0 Å². The maximum atomic E-state index is 14.4. The molecule has 3 rings (SSSR count). The smallest absolute Gasteiger partial charge is 0.243 e. The van der Waals surface area contributed by atoms with Crippen LogP contribution in [0.15, 0.2) is 78.9 Å². The highest BCUT2D eigenvalue weighted by Gasteiger charge is 2.31. The molecule has 0 aliphatic heterocycles. The molecule has 2 amide bonds. The molecule has 0 unspecified atom stereocenters. The first-order valence-electron chi connectivity index (χ1n) is 13.1. The van der Waals surface area contributed by atoms with Gasteiger partial charge in [-0.3, -0.25) is 13.9 Å². The second kappa shape index (κ2) is 14.3. The highest BCUT2D eigenvalue weighted by atomic mass is 35.5. The first kappa shape index (κ1) is 31.1. The maximum Gasteiger partial charge on any atom is 0.243 e. The van der Waals surface area contributed by atoms with E-state index in [-0.39, 0.29) is 49.5 Å². The van der Waals surface area contributed by atoms with Crippen LogP contribution >= 0.6 is 11.6 Å². The zero-order valence-electron chi connectivity index (χ0n) is 22.9. The molecule has 0 spiro atoms. The van der Waals surface area contributed by atoms with E-state index in [1.807, 2.05) is 44.2 Å². The standard InChI is InChI=1S/C30H35ClFN3O4S/c1-22(2)33-30(37)28(20-23-10-5-4-6-11-23)34(21-24-15-17-25(31)18-16-24)29(36)14-9-19-35(40(3,38)39)27-13-8-7-12-26(27)32/h4-8,10-13,15-18,22,28H,9,14,19-21H2,1-3H3,(H,33,37)/t28-/m1/s1. The van der Waals surface area contributed by atoms with Gasteiger partial charge in [0, 0.05) is 37.0 Å². The fraction of sp³-hybridized carbons (Fsp3) is 0.333. The molecule has 3 aromatic carbocycles. The van der Waals surface area contributed by atoms with Gasteiger partial charge in [0.25, 0.3) is 0 Å². The van der Waals surface area contributed by atoms with Gasteiger partial charge in [0.15, 0.2) is 0 Å². The molecular weight excluding hydrogens is 553 g/mol. The summed E-state index contributed by atoms with van der Waals surface area (Å²) in [5.41, 5.74) is 1.61. The fourth-order valence-corrected chi connectivity index (χ4v) is 5.45. The largest absolute Gasteiger partial charge is 0.352 e. The van der Waals surface area contributed by atoms with E-state index < -0.39 is 21.9 Å². The Morgan fingerprint density at radius 3 is 2.15 bits per heavy atom. The summed E-state index contributed by atoms with van der Waals surface area (Å²) < 4.78 is 40.3. The molecular formula is C30H35ClFN3O4S. The normalized spacial score (nSPS) is 12.2. The van der Waals surface area contributed by atoms with Crippen molar-refractivity contribution < 1.29 is 22.4 Å². The summed E-state index contributed by atoms with van der Waals surface area (Å²) in [5, 5.41) is 3.48. The molecule has 0 fully saturated rings. The number of nitrogens with zero attached hydrogens (tertiary/aromatic N) is 2. The number of benzene rings is 3. The van der Waals surface area contributed by atoms with Crippen LogP contribution in [0, 0.1) is 5.82 Å². The van der Waals surface area contributed by atoms with Crippen molar-refractivity contribution in [3.05, 3.63) is 101 Å².